The minimum atomic E-state index is -3.97. The lowest BCUT2D eigenvalue weighted by atomic mass is 10.1. The molecule has 274 valence electrons. The van der Waals surface area contributed by atoms with E-state index in [0.717, 1.165) is 12.8 Å². The van der Waals surface area contributed by atoms with Gasteiger partial charge in [0.15, 0.2) is 5.82 Å². The Balaban J connectivity index is 1.27. The van der Waals surface area contributed by atoms with Crippen LogP contribution in [0.3, 0.4) is 0 Å². The van der Waals surface area contributed by atoms with Gasteiger partial charge in [-0.05, 0) is 63.6 Å². The van der Waals surface area contributed by atoms with E-state index in [1.807, 2.05) is 12.2 Å². The van der Waals surface area contributed by atoms with Crippen molar-refractivity contribution in [1.29, 1.82) is 0 Å². The van der Waals surface area contributed by atoms with Crippen LogP contribution in [0, 0.1) is 5.92 Å². The second-order valence-electron chi connectivity index (χ2n) is 13.5. The van der Waals surface area contributed by atoms with Crippen molar-refractivity contribution >= 4 is 50.4 Å². The van der Waals surface area contributed by atoms with E-state index in [1.165, 1.54) is 22.8 Å². The maximum absolute atomic E-state index is 14.0. The van der Waals surface area contributed by atoms with E-state index < -0.39 is 56.8 Å². The highest BCUT2D eigenvalue weighted by molar-refractivity contribution is 7.91. The van der Waals surface area contributed by atoms with Crippen molar-refractivity contribution in [1.82, 2.24) is 35.0 Å². The van der Waals surface area contributed by atoms with Crippen LogP contribution in [0.2, 0.25) is 5.02 Å². The number of hydrogen-bond donors (Lipinski definition) is 3. The fraction of sp³-hybridized carbons (Fsp3) is 0.500. The van der Waals surface area contributed by atoms with Crippen molar-refractivity contribution in [3.63, 3.8) is 0 Å². The number of methoxy groups -OCH3 is 1. The van der Waals surface area contributed by atoms with Crippen LogP contribution in [0.5, 0.6) is 11.5 Å². The van der Waals surface area contributed by atoms with Gasteiger partial charge in [0.2, 0.25) is 15.9 Å². The summed E-state index contributed by atoms with van der Waals surface area (Å²) < 4.78 is 53.4. The topological polar surface area (TPSA) is 174 Å². The highest BCUT2D eigenvalue weighted by Crippen LogP contribution is 2.47. The SMILES string of the molecule is COc1ccc2c(OCC[C@@H]3NC(=O)N(C)CCCC/C=C\[C@@H]4C[C@@]4(C(=O)NS(=O)(=O)C4(C)CC4)NC3=O)cc(-n3ccc(CF)n3)nc2c1Cl. The Labute approximate surface area is 300 Å². The van der Waals surface area contributed by atoms with Crippen molar-refractivity contribution in [2.75, 3.05) is 27.3 Å². The molecular formula is C34H41ClFN7O7S. The van der Waals surface area contributed by atoms with Gasteiger partial charge in [-0.1, -0.05) is 23.8 Å². The summed E-state index contributed by atoms with van der Waals surface area (Å²) in [6.45, 7) is 1.19. The molecule has 0 spiro atoms. The zero-order valence-corrected chi connectivity index (χ0v) is 30.2. The maximum Gasteiger partial charge on any atom is 0.317 e. The lowest BCUT2D eigenvalue weighted by Crippen LogP contribution is -2.58. The number of pyridine rings is 1. The lowest BCUT2D eigenvalue weighted by molar-refractivity contribution is -0.130. The monoisotopic (exact) mass is 745 g/mol. The van der Waals surface area contributed by atoms with Crippen molar-refractivity contribution < 1.29 is 36.7 Å². The Morgan fingerprint density at radius 1 is 1.20 bits per heavy atom. The molecule has 2 fully saturated rings. The first-order valence-electron chi connectivity index (χ1n) is 16.8. The van der Waals surface area contributed by atoms with E-state index >= 15 is 0 Å². The van der Waals surface area contributed by atoms with Crippen LogP contribution in [-0.2, 0) is 26.3 Å². The number of alkyl halides is 1. The predicted molar refractivity (Wildman–Crippen MR) is 187 cm³/mol. The lowest BCUT2D eigenvalue weighted by Gasteiger charge is -2.26. The Hall–Kier alpha value is -4.44. The second kappa shape index (κ2) is 14.3. The van der Waals surface area contributed by atoms with Gasteiger partial charge in [0.1, 0.15) is 34.8 Å². The van der Waals surface area contributed by atoms with Gasteiger partial charge in [0.05, 0.1) is 29.7 Å². The zero-order valence-electron chi connectivity index (χ0n) is 28.6. The van der Waals surface area contributed by atoms with Gasteiger partial charge < -0.3 is 25.0 Å². The molecule has 0 bridgehead atoms. The molecule has 51 heavy (non-hydrogen) atoms. The summed E-state index contributed by atoms with van der Waals surface area (Å²) in [5.74, 6) is -0.912. The van der Waals surface area contributed by atoms with Crippen LogP contribution in [0.25, 0.3) is 16.7 Å². The number of allylic oxidation sites excluding steroid dienone is 1. The quantitative estimate of drug-likeness (QED) is 0.260. The minimum Gasteiger partial charge on any atom is -0.495 e. The van der Waals surface area contributed by atoms with E-state index in [2.05, 4.69) is 25.4 Å². The molecule has 0 radical (unpaired) electrons. The van der Waals surface area contributed by atoms with Gasteiger partial charge in [0, 0.05) is 43.6 Å². The molecule has 0 saturated heterocycles. The number of urea groups is 1. The summed E-state index contributed by atoms with van der Waals surface area (Å²) in [5, 5.41) is 10.5. The summed E-state index contributed by atoms with van der Waals surface area (Å²) in [4.78, 5) is 46.9. The first-order chi connectivity index (χ1) is 24.3. The van der Waals surface area contributed by atoms with Crippen LogP contribution < -0.4 is 24.8 Å². The van der Waals surface area contributed by atoms with E-state index in [9.17, 15) is 27.2 Å². The van der Waals surface area contributed by atoms with E-state index in [4.69, 9.17) is 21.1 Å². The summed E-state index contributed by atoms with van der Waals surface area (Å²) in [7, 11) is -0.868. The summed E-state index contributed by atoms with van der Waals surface area (Å²) in [6.07, 6.45) is 8.59. The number of halogens is 2. The summed E-state index contributed by atoms with van der Waals surface area (Å²) in [6, 6.07) is 4.83. The standard InChI is InChI=1S/C34H41ClFN7O7S/c1-33(13-14-33)51(47,48)41-31(45)34-19-21(34)8-6-4-5-7-15-42(2)32(46)37-24(30(44)39-34)12-17-50-26-18-27(43-16-11-22(20-36)40-43)38-29-23(26)9-10-25(49-3)28(29)35/h6,8-11,16,18,21,24H,4-5,7,12-15,17,19-20H2,1-3H3,(H,37,46)(H,39,44)(H,41,45)/b8-6-/t21-,24+,34-/m1/s1. The van der Waals surface area contributed by atoms with Crippen LogP contribution >= 0.6 is 11.6 Å². The number of sulfonamides is 1. The third-order valence-electron chi connectivity index (χ3n) is 9.77. The van der Waals surface area contributed by atoms with Crippen molar-refractivity contribution in [3.8, 4) is 17.3 Å². The predicted octanol–water partition coefficient (Wildman–Crippen LogP) is 3.94. The molecule has 14 nitrogen and oxygen atoms in total. The molecule has 17 heteroatoms. The molecule has 4 amide bonds. The van der Waals surface area contributed by atoms with Gasteiger partial charge in [-0.25, -0.2) is 27.3 Å². The average molecular weight is 746 g/mol. The first-order valence-corrected chi connectivity index (χ1v) is 18.6. The summed E-state index contributed by atoms with van der Waals surface area (Å²) in [5.41, 5.74) is -0.960. The Bertz CT molecular complexity index is 1990. The molecule has 3 heterocycles. The molecule has 2 aromatic heterocycles. The maximum atomic E-state index is 14.0. The number of nitrogens with one attached hydrogen (secondary N) is 3. The molecule has 1 aliphatic heterocycles. The summed E-state index contributed by atoms with van der Waals surface area (Å²) >= 11 is 6.63. The Morgan fingerprint density at radius 2 is 1.98 bits per heavy atom. The molecule has 3 aliphatic rings. The van der Waals surface area contributed by atoms with Gasteiger partial charge in [-0.3, -0.25) is 14.3 Å². The number of ether oxygens (including phenoxy) is 2. The number of fused-ring (bicyclic) bond motifs is 2. The van der Waals surface area contributed by atoms with Crippen molar-refractivity contribution in [2.24, 2.45) is 5.92 Å². The number of benzene rings is 1. The number of aromatic nitrogens is 3. The van der Waals surface area contributed by atoms with E-state index in [0.29, 0.717) is 48.2 Å². The number of carbonyl (C=O) groups excluding carboxylic acids is 3. The molecule has 2 aliphatic carbocycles. The smallest absolute Gasteiger partial charge is 0.317 e. The normalized spacial score (nSPS) is 24.1. The molecule has 0 unspecified atom stereocenters. The third kappa shape index (κ3) is 7.47. The van der Waals surface area contributed by atoms with E-state index in [-0.39, 0.29) is 36.0 Å². The van der Waals surface area contributed by atoms with Gasteiger partial charge >= 0.3 is 6.03 Å². The highest BCUT2D eigenvalue weighted by atomic mass is 35.5. The molecule has 3 aromatic rings. The zero-order chi connectivity index (χ0) is 36.6. The molecule has 2 saturated carbocycles. The van der Waals surface area contributed by atoms with E-state index in [1.54, 1.807) is 38.4 Å². The molecule has 3 N–H and O–H groups in total. The Morgan fingerprint density at radius 3 is 2.69 bits per heavy atom. The second-order valence-corrected chi connectivity index (χ2v) is 16.1. The Kier molecular flexibility index (Phi) is 10.2. The van der Waals surface area contributed by atoms with Crippen LogP contribution in [0.15, 0.2) is 42.6 Å². The van der Waals surface area contributed by atoms with Crippen LogP contribution in [0.1, 0.15) is 57.6 Å². The largest absolute Gasteiger partial charge is 0.495 e. The minimum absolute atomic E-state index is 0.0310. The van der Waals surface area contributed by atoms with Gasteiger partial charge in [-0.15, -0.1) is 0 Å². The fourth-order valence-electron chi connectivity index (χ4n) is 6.01. The molecule has 3 atom stereocenters. The number of nitrogens with zero attached hydrogens (tertiary/aromatic N) is 4. The molecule has 1 aromatic carbocycles. The number of hydrogen-bond acceptors (Lipinski definition) is 9. The van der Waals surface area contributed by atoms with Gasteiger partial charge in [-0.2, -0.15) is 5.10 Å². The molecular weight excluding hydrogens is 705 g/mol. The average Bonchev–Trinajstić information content (AvgIpc) is 3.97. The number of amides is 4. The number of carbonyl (C=O) groups is 3. The van der Waals surface area contributed by atoms with Crippen molar-refractivity contribution in [2.45, 2.75) is 74.9 Å². The number of rotatable bonds is 10. The van der Waals surface area contributed by atoms with Gasteiger partial charge in [0.25, 0.3) is 5.91 Å². The van der Waals surface area contributed by atoms with Crippen LogP contribution in [0.4, 0.5) is 9.18 Å². The van der Waals surface area contributed by atoms with Crippen LogP contribution in [-0.4, -0.2) is 89.6 Å². The third-order valence-corrected chi connectivity index (χ3v) is 12.3. The first kappa shape index (κ1) is 36.4. The highest BCUT2D eigenvalue weighted by Gasteiger charge is 2.62. The van der Waals surface area contributed by atoms with Crippen molar-refractivity contribution in [3.05, 3.63) is 53.3 Å². The molecule has 6 rings (SSSR count). The fourth-order valence-corrected chi connectivity index (χ4v) is 7.61.